The molecule has 0 radical (unpaired) electrons. The van der Waals surface area contributed by atoms with Crippen molar-refractivity contribution in [3.05, 3.63) is 0 Å². The molecule has 1 fully saturated rings. The molecule has 0 bridgehead atoms. The van der Waals surface area contributed by atoms with E-state index in [4.69, 9.17) is 0 Å². The molecule has 1 saturated heterocycles. The molecule has 1 rings (SSSR count). The molecular formula is C4H5FO5S. The lowest BCUT2D eigenvalue weighted by Gasteiger charge is -2.03. The lowest BCUT2D eigenvalue weighted by molar-refractivity contribution is 0.120. The number of rotatable bonds is 1. The van der Waals surface area contributed by atoms with Crippen LogP contribution in [0.2, 0.25) is 0 Å². The van der Waals surface area contributed by atoms with E-state index in [0.717, 1.165) is 0 Å². The van der Waals surface area contributed by atoms with E-state index in [0.29, 0.717) is 0 Å². The Hall–Kier alpha value is -0.850. The normalized spacial score (nSPS) is 31.3. The van der Waals surface area contributed by atoms with Crippen LogP contribution in [-0.2, 0) is 19.7 Å². The second-order valence-electron chi connectivity index (χ2n) is 2.03. The third-order valence-corrected chi connectivity index (χ3v) is 2.19. The van der Waals surface area contributed by atoms with Crippen molar-refractivity contribution in [2.45, 2.75) is 18.5 Å². The second-order valence-corrected chi connectivity index (χ2v) is 3.45. The maximum Gasteiger partial charge on any atom is 0.510 e. The van der Waals surface area contributed by atoms with Gasteiger partial charge in [0.2, 0.25) is 0 Å². The van der Waals surface area contributed by atoms with E-state index in [-0.39, 0.29) is 0 Å². The first kappa shape index (κ1) is 8.25. The van der Waals surface area contributed by atoms with E-state index < -0.39 is 27.9 Å². The van der Waals surface area contributed by atoms with Crippen LogP contribution in [0.1, 0.15) is 6.92 Å². The molecule has 0 spiro atoms. The van der Waals surface area contributed by atoms with Crippen molar-refractivity contribution in [2.75, 3.05) is 0 Å². The molecule has 2 unspecified atom stereocenters. The standard InChI is InChI=1S/C4H5FO5S/c1-2-3(11(5,7)8)10-4(6)9-2/h2-3H,1H3. The Bertz CT molecular complexity index is 270. The van der Waals surface area contributed by atoms with Crippen LogP contribution in [0.3, 0.4) is 0 Å². The summed E-state index contributed by atoms with van der Waals surface area (Å²) < 4.78 is 40.7. The Morgan fingerprint density at radius 3 is 2.18 bits per heavy atom. The molecule has 0 N–H and O–H groups in total. The largest absolute Gasteiger partial charge is 0.510 e. The molecule has 5 nitrogen and oxygen atoms in total. The minimum absolute atomic E-state index is 1.09. The maximum absolute atomic E-state index is 12.1. The minimum Gasteiger partial charge on any atom is -0.426 e. The van der Waals surface area contributed by atoms with Crippen molar-refractivity contribution in [3.8, 4) is 0 Å². The van der Waals surface area contributed by atoms with Gasteiger partial charge >= 0.3 is 16.4 Å². The Balaban J connectivity index is 2.84. The Labute approximate surface area is 62.3 Å². The Morgan fingerprint density at radius 1 is 1.45 bits per heavy atom. The summed E-state index contributed by atoms with van der Waals surface area (Å²) in [7, 11) is -4.85. The number of halogens is 1. The molecule has 0 aromatic carbocycles. The van der Waals surface area contributed by atoms with Crippen molar-refractivity contribution in [3.63, 3.8) is 0 Å². The summed E-state index contributed by atoms with van der Waals surface area (Å²) in [5.74, 6) is 0. The zero-order chi connectivity index (χ0) is 8.65. The Kier molecular flexibility index (Phi) is 1.75. The maximum atomic E-state index is 12.1. The van der Waals surface area contributed by atoms with Crippen LogP contribution in [0, 0.1) is 0 Å². The molecule has 0 amide bonds. The highest BCUT2D eigenvalue weighted by Gasteiger charge is 2.43. The van der Waals surface area contributed by atoms with E-state index >= 15 is 0 Å². The number of carbonyl (C=O) groups is 1. The molecule has 1 aliphatic rings. The van der Waals surface area contributed by atoms with E-state index in [2.05, 4.69) is 9.47 Å². The van der Waals surface area contributed by atoms with Crippen molar-refractivity contribution < 1.29 is 26.6 Å². The average Bonchev–Trinajstić information content (AvgIpc) is 2.08. The zero-order valence-electron chi connectivity index (χ0n) is 5.48. The summed E-state index contributed by atoms with van der Waals surface area (Å²) in [6, 6.07) is 0. The first-order valence-electron chi connectivity index (χ1n) is 2.72. The van der Waals surface area contributed by atoms with Crippen LogP contribution >= 0.6 is 0 Å². The lowest BCUT2D eigenvalue weighted by atomic mass is 10.4. The van der Waals surface area contributed by atoms with E-state index in [1.54, 1.807) is 0 Å². The molecule has 1 heterocycles. The van der Waals surface area contributed by atoms with Crippen molar-refractivity contribution in [2.24, 2.45) is 0 Å². The third-order valence-electron chi connectivity index (χ3n) is 1.16. The van der Waals surface area contributed by atoms with Gasteiger partial charge < -0.3 is 9.47 Å². The van der Waals surface area contributed by atoms with Crippen LogP contribution in [0.5, 0.6) is 0 Å². The third kappa shape index (κ3) is 1.59. The van der Waals surface area contributed by atoms with Gasteiger partial charge in [0, 0.05) is 0 Å². The number of carbonyl (C=O) groups excluding carboxylic acids is 1. The van der Waals surface area contributed by atoms with Gasteiger partial charge in [-0.15, -0.1) is 3.89 Å². The molecule has 2 atom stereocenters. The smallest absolute Gasteiger partial charge is 0.426 e. The van der Waals surface area contributed by atoms with Crippen LogP contribution in [0.15, 0.2) is 0 Å². The highest BCUT2D eigenvalue weighted by Crippen LogP contribution is 2.20. The quantitative estimate of drug-likeness (QED) is 0.429. The van der Waals surface area contributed by atoms with Gasteiger partial charge in [-0.25, -0.2) is 4.79 Å². The summed E-state index contributed by atoms with van der Waals surface area (Å²) in [4.78, 5) is 10.2. The van der Waals surface area contributed by atoms with Crippen LogP contribution in [0.4, 0.5) is 8.68 Å². The summed E-state index contributed by atoms with van der Waals surface area (Å²) in [5.41, 5.74) is -1.81. The van der Waals surface area contributed by atoms with Gasteiger partial charge in [-0.1, -0.05) is 0 Å². The van der Waals surface area contributed by atoms with Crippen molar-refractivity contribution >= 4 is 16.4 Å². The number of ether oxygens (including phenoxy) is 2. The fraction of sp³-hybridized carbons (Fsp3) is 0.750. The van der Waals surface area contributed by atoms with Crippen LogP contribution in [-0.4, -0.2) is 26.1 Å². The number of hydrogen-bond donors (Lipinski definition) is 0. The van der Waals surface area contributed by atoms with Crippen LogP contribution in [0.25, 0.3) is 0 Å². The molecule has 0 aliphatic carbocycles. The average molecular weight is 184 g/mol. The van der Waals surface area contributed by atoms with E-state index in [1.807, 2.05) is 0 Å². The fourth-order valence-corrected chi connectivity index (χ4v) is 1.42. The highest BCUT2D eigenvalue weighted by molar-refractivity contribution is 7.86. The summed E-state index contributed by atoms with van der Waals surface area (Å²) in [6.45, 7) is 1.23. The highest BCUT2D eigenvalue weighted by atomic mass is 32.3. The fourth-order valence-electron chi connectivity index (χ4n) is 0.712. The molecule has 64 valence electrons. The number of hydrogen-bond acceptors (Lipinski definition) is 5. The number of cyclic esters (lactones) is 2. The second kappa shape index (κ2) is 2.33. The summed E-state index contributed by atoms with van der Waals surface area (Å²) >= 11 is 0. The minimum atomic E-state index is -4.85. The van der Waals surface area contributed by atoms with Gasteiger partial charge in [0.05, 0.1) is 0 Å². The predicted molar refractivity (Wildman–Crippen MR) is 30.8 cm³/mol. The SMILES string of the molecule is CC1OC(=O)OC1S(=O)(=O)F. The van der Waals surface area contributed by atoms with Gasteiger partial charge in [-0.05, 0) is 6.92 Å². The van der Waals surface area contributed by atoms with E-state index in [9.17, 15) is 17.1 Å². The summed E-state index contributed by atoms with van der Waals surface area (Å²) in [5, 5.41) is 0. The van der Waals surface area contributed by atoms with Crippen LogP contribution < -0.4 is 0 Å². The molecule has 7 heteroatoms. The Morgan fingerprint density at radius 2 is 2.00 bits per heavy atom. The molecule has 0 saturated carbocycles. The van der Waals surface area contributed by atoms with Gasteiger partial charge in [-0.3, -0.25) is 0 Å². The topological polar surface area (TPSA) is 69.7 Å². The molecular weight excluding hydrogens is 179 g/mol. The molecule has 0 aromatic rings. The van der Waals surface area contributed by atoms with Gasteiger partial charge in [-0.2, -0.15) is 8.42 Å². The molecule has 0 aromatic heterocycles. The zero-order valence-corrected chi connectivity index (χ0v) is 6.30. The van der Waals surface area contributed by atoms with Crippen molar-refractivity contribution in [1.82, 2.24) is 0 Å². The van der Waals surface area contributed by atoms with Gasteiger partial charge in [0.15, 0.2) is 6.10 Å². The first-order valence-corrected chi connectivity index (χ1v) is 4.16. The summed E-state index contributed by atoms with van der Waals surface area (Å²) in [6.07, 6.45) is -2.25. The van der Waals surface area contributed by atoms with E-state index in [1.165, 1.54) is 6.92 Å². The first-order chi connectivity index (χ1) is 4.91. The lowest BCUT2D eigenvalue weighted by Crippen LogP contribution is -2.25. The molecule has 1 aliphatic heterocycles. The van der Waals surface area contributed by atoms with Crippen molar-refractivity contribution in [1.29, 1.82) is 0 Å². The molecule has 11 heavy (non-hydrogen) atoms. The predicted octanol–water partition coefficient (Wildman–Crippen LogP) is 0.167. The van der Waals surface area contributed by atoms with Gasteiger partial charge in [0.1, 0.15) is 0 Å². The van der Waals surface area contributed by atoms with Gasteiger partial charge in [0.25, 0.3) is 5.44 Å². The monoisotopic (exact) mass is 184 g/mol.